The highest BCUT2D eigenvalue weighted by molar-refractivity contribution is 5.98. The Balaban J connectivity index is 1.61. The molecule has 0 fully saturated rings. The van der Waals surface area contributed by atoms with Crippen molar-refractivity contribution < 1.29 is 9.53 Å². The Kier molecular flexibility index (Phi) is 7.53. The van der Waals surface area contributed by atoms with Crippen LogP contribution in [0.5, 0.6) is 0 Å². The molecule has 0 heterocycles. The van der Waals surface area contributed by atoms with Gasteiger partial charge in [0.25, 0.3) is 0 Å². The number of carbonyl (C=O) groups excluding carboxylic acids is 1. The summed E-state index contributed by atoms with van der Waals surface area (Å²) < 4.78 is 5.38. The van der Waals surface area contributed by atoms with Crippen LogP contribution < -0.4 is 0 Å². The van der Waals surface area contributed by atoms with Crippen LogP contribution >= 0.6 is 0 Å². The van der Waals surface area contributed by atoms with Crippen LogP contribution in [-0.2, 0) is 14.9 Å². The van der Waals surface area contributed by atoms with Crippen LogP contribution in [-0.4, -0.2) is 12.6 Å². The van der Waals surface area contributed by atoms with Crippen LogP contribution in [0.2, 0.25) is 0 Å². The molecule has 3 aromatic carbocycles. The van der Waals surface area contributed by atoms with Crippen molar-refractivity contribution in [3.05, 3.63) is 59.7 Å². The fourth-order valence-corrected chi connectivity index (χ4v) is 4.14. The predicted molar refractivity (Wildman–Crippen MR) is 128 cm³/mol. The van der Waals surface area contributed by atoms with E-state index in [1.54, 1.807) is 0 Å². The average molecular weight is 405 g/mol. The summed E-state index contributed by atoms with van der Waals surface area (Å²) >= 11 is 0. The van der Waals surface area contributed by atoms with E-state index in [1.807, 2.05) is 0 Å². The number of carbonyl (C=O) groups is 1. The lowest BCUT2D eigenvalue weighted by Crippen LogP contribution is -2.18. The first-order valence-electron chi connectivity index (χ1n) is 11.5. The number of esters is 1. The van der Waals surface area contributed by atoms with Crippen LogP contribution in [0.1, 0.15) is 76.8 Å². The molecule has 3 rings (SSSR count). The Morgan fingerprint density at radius 2 is 1.53 bits per heavy atom. The van der Waals surface area contributed by atoms with Gasteiger partial charge in [-0.05, 0) is 70.8 Å². The van der Waals surface area contributed by atoms with E-state index in [4.69, 9.17) is 4.74 Å². The first-order valence-corrected chi connectivity index (χ1v) is 11.5. The molecule has 0 spiro atoms. The lowest BCUT2D eigenvalue weighted by Gasteiger charge is -2.25. The van der Waals surface area contributed by atoms with E-state index in [-0.39, 0.29) is 11.4 Å². The number of ether oxygens (including phenoxy) is 1. The summed E-state index contributed by atoms with van der Waals surface area (Å²) in [6, 6.07) is 18.0. The van der Waals surface area contributed by atoms with Crippen molar-refractivity contribution in [2.24, 2.45) is 0 Å². The smallest absolute Gasteiger partial charge is 0.305 e. The predicted octanol–water partition coefficient (Wildman–Crippen LogP) is 7.87. The third-order valence-electron chi connectivity index (χ3n) is 6.18. The standard InChI is InChI=1S/C28H36O2/c1-5-6-7-8-16-30-27(29)10-9-15-28(3,4)26-14-13-23-18-22-12-11-21(2)17-24(22)19-25(23)20-26/h11-14,17-20H,5-10,15-16H2,1-4H3. The third kappa shape index (κ3) is 5.84. The molecule has 0 aliphatic heterocycles. The van der Waals surface area contributed by atoms with Gasteiger partial charge in [-0.2, -0.15) is 0 Å². The molecule has 2 nitrogen and oxygen atoms in total. The molecule has 0 atom stereocenters. The molecule has 0 radical (unpaired) electrons. The van der Waals surface area contributed by atoms with Crippen LogP contribution in [0.25, 0.3) is 21.5 Å². The van der Waals surface area contributed by atoms with Gasteiger partial charge in [0.2, 0.25) is 0 Å². The van der Waals surface area contributed by atoms with Crippen molar-refractivity contribution in [1.29, 1.82) is 0 Å². The normalized spacial score (nSPS) is 11.9. The van der Waals surface area contributed by atoms with E-state index >= 15 is 0 Å². The Morgan fingerprint density at radius 1 is 0.833 bits per heavy atom. The van der Waals surface area contributed by atoms with Crippen LogP contribution in [0.15, 0.2) is 48.5 Å². The molecular weight excluding hydrogens is 368 g/mol. The molecule has 0 unspecified atom stereocenters. The van der Waals surface area contributed by atoms with Crippen LogP contribution in [0.4, 0.5) is 0 Å². The maximum atomic E-state index is 12.0. The molecule has 0 saturated heterocycles. The minimum absolute atomic E-state index is 0.0250. The first kappa shape index (κ1) is 22.3. The Hall–Kier alpha value is -2.35. The molecule has 2 heteroatoms. The summed E-state index contributed by atoms with van der Waals surface area (Å²) in [5, 5.41) is 5.13. The van der Waals surface area contributed by atoms with Gasteiger partial charge in [0, 0.05) is 6.42 Å². The van der Waals surface area contributed by atoms with Crippen LogP contribution in [0.3, 0.4) is 0 Å². The minimum Gasteiger partial charge on any atom is -0.466 e. The second-order valence-corrected chi connectivity index (χ2v) is 9.28. The second-order valence-electron chi connectivity index (χ2n) is 9.28. The van der Waals surface area contributed by atoms with E-state index < -0.39 is 0 Å². The Bertz CT molecular complexity index is 1000. The van der Waals surface area contributed by atoms with Gasteiger partial charge in [0.15, 0.2) is 0 Å². The minimum atomic E-state index is -0.0531. The van der Waals surface area contributed by atoms with Crippen LogP contribution in [0, 0.1) is 6.92 Å². The van der Waals surface area contributed by atoms with Gasteiger partial charge in [0.1, 0.15) is 0 Å². The van der Waals surface area contributed by atoms with Gasteiger partial charge in [-0.25, -0.2) is 0 Å². The van der Waals surface area contributed by atoms with E-state index in [2.05, 4.69) is 76.2 Å². The molecule has 3 aromatic rings. The van der Waals surface area contributed by atoms with E-state index in [0.29, 0.717) is 13.0 Å². The fourth-order valence-electron chi connectivity index (χ4n) is 4.14. The summed E-state index contributed by atoms with van der Waals surface area (Å²) in [5.74, 6) is -0.0531. The van der Waals surface area contributed by atoms with Crippen molar-refractivity contribution in [2.75, 3.05) is 6.61 Å². The quantitative estimate of drug-likeness (QED) is 0.195. The number of fused-ring (bicyclic) bond motifs is 2. The largest absolute Gasteiger partial charge is 0.466 e. The zero-order valence-corrected chi connectivity index (χ0v) is 19.1. The summed E-state index contributed by atoms with van der Waals surface area (Å²) in [4.78, 5) is 12.0. The molecule has 0 bridgehead atoms. The summed E-state index contributed by atoms with van der Waals surface area (Å²) in [6.07, 6.45) is 6.88. The van der Waals surface area contributed by atoms with Gasteiger partial charge >= 0.3 is 5.97 Å². The number of aryl methyl sites for hydroxylation is 1. The van der Waals surface area contributed by atoms with Crippen molar-refractivity contribution in [2.45, 2.75) is 78.1 Å². The number of hydrogen-bond acceptors (Lipinski definition) is 2. The summed E-state index contributed by atoms with van der Waals surface area (Å²) in [5.41, 5.74) is 2.64. The lowest BCUT2D eigenvalue weighted by atomic mass is 9.79. The van der Waals surface area contributed by atoms with Gasteiger partial charge in [-0.15, -0.1) is 0 Å². The first-order chi connectivity index (χ1) is 14.4. The molecule has 0 saturated carbocycles. The van der Waals surface area contributed by atoms with Crippen molar-refractivity contribution in [3.8, 4) is 0 Å². The molecule has 0 aliphatic rings. The van der Waals surface area contributed by atoms with Gasteiger partial charge in [-0.1, -0.05) is 82.0 Å². The Labute approximate surface area is 181 Å². The molecular formula is C28H36O2. The molecule has 0 N–H and O–H groups in total. The maximum absolute atomic E-state index is 12.0. The zero-order chi connectivity index (χ0) is 21.6. The highest BCUT2D eigenvalue weighted by Crippen LogP contribution is 2.33. The van der Waals surface area contributed by atoms with E-state index in [9.17, 15) is 4.79 Å². The maximum Gasteiger partial charge on any atom is 0.305 e. The molecule has 0 aliphatic carbocycles. The molecule has 0 amide bonds. The number of hydrogen-bond donors (Lipinski definition) is 0. The highest BCUT2D eigenvalue weighted by Gasteiger charge is 2.21. The zero-order valence-electron chi connectivity index (χ0n) is 19.1. The molecule has 160 valence electrons. The third-order valence-corrected chi connectivity index (χ3v) is 6.18. The monoisotopic (exact) mass is 404 g/mol. The number of unbranched alkanes of at least 4 members (excludes halogenated alkanes) is 3. The fraction of sp³-hybridized carbons (Fsp3) is 0.464. The lowest BCUT2D eigenvalue weighted by molar-refractivity contribution is -0.143. The summed E-state index contributed by atoms with van der Waals surface area (Å²) in [7, 11) is 0. The van der Waals surface area contributed by atoms with Gasteiger partial charge < -0.3 is 4.74 Å². The van der Waals surface area contributed by atoms with Gasteiger partial charge in [0.05, 0.1) is 6.61 Å². The molecule has 0 aromatic heterocycles. The number of rotatable bonds is 10. The van der Waals surface area contributed by atoms with Crippen molar-refractivity contribution in [3.63, 3.8) is 0 Å². The van der Waals surface area contributed by atoms with E-state index in [1.165, 1.54) is 45.5 Å². The summed E-state index contributed by atoms with van der Waals surface area (Å²) in [6.45, 7) is 9.44. The SMILES string of the molecule is CCCCCCOC(=O)CCCC(C)(C)c1ccc2cc3ccc(C)cc3cc2c1. The second kappa shape index (κ2) is 10.1. The van der Waals surface area contributed by atoms with Gasteiger partial charge in [-0.3, -0.25) is 4.79 Å². The average Bonchev–Trinajstić information content (AvgIpc) is 2.71. The van der Waals surface area contributed by atoms with E-state index in [0.717, 1.165) is 25.7 Å². The van der Waals surface area contributed by atoms with Crippen molar-refractivity contribution >= 4 is 27.5 Å². The van der Waals surface area contributed by atoms with Crippen molar-refractivity contribution in [1.82, 2.24) is 0 Å². The Morgan fingerprint density at radius 3 is 2.30 bits per heavy atom. The highest BCUT2D eigenvalue weighted by atomic mass is 16.5. The topological polar surface area (TPSA) is 26.3 Å². The number of benzene rings is 3. The molecule has 30 heavy (non-hydrogen) atoms.